The van der Waals surface area contributed by atoms with Gasteiger partial charge in [0.2, 0.25) is 0 Å². The van der Waals surface area contributed by atoms with E-state index in [1.165, 1.54) is 32.1 Å². The Kier molecular flexibility index (Phi) is 6.29. The van der Waals surface area contributed by atoms with Crippen LogP contribution < -0.4 is 0 Å². The van der Waals surface area contributed by atoms with Crippen LogP contribution in [0.15, 0.2) is 4.99 Å². The lowest BCUT2D eigenvalue weighted by Gasteiger charge is -1.99. The number of hydrogen-bond donors (Lipinski definition) is 0. The molecule has 1 aliphatic rings. The first-order valence-electron chi connectivity index (χ1n) is 5.89. The highest BCUT2D eigenvalue weighted by Gasteiger charge is 2.01. The number of nitrogens with zero attached hydrogens (tertiary/aromatic N) is 1. The molecular formula is C12H21NO. The molecular weight excluding hydrogens is 174 g/mol. The van der Waals surface area contributed by atoms with Crippen LogP contribution in [0, 0.1) is 0 Å². The fraction of sp³-hybridized carbons (Fsp3) is 0.833. The second-order valence-corrected chi connectivity index (χ2v) is 4.04. The van der Waals surface area contributed by atoms with Gasteiger partial charge in [0.1, 0.15) is 5.78 Å². The van der Waals surface area contributed by atoms with E-state index in [-0.39, 0.29) is 0 Å². The predicted octanol–water partition coefficient (Wildman–Crippen LogP) is 3.15. The molecule has 0 unspecified atom stereocenters. The molecule has 14 heavy (non-hydrogen) atoms. The summed E-state index contributed by atoms with van der Waals surface area (Å²) in [7, 11) is 0. The smallest absolute Gasteiger partial charge is 0.133 e. The molecule has 0 aromatic heterocycles. The summed E-state index contributed by atoms with van der Waals surface area (Å²) in [5.74, 6) is 0.413. The Morgan fingerprint density at radius 2 is 1.64 bits per heavy atom. The quantitative estimate of drug-likeness (QED) is 0.584. The number of rotatable bonds is 0. The number of carbonyl (C=O) groups excluding carboxylic acids is 1. The maximum absolute atomic E-state index is 11.3. The van der Waals surface area contributed by atoms with Crippen molar-refractivity contribution in [2.45, 2.75) is 57.8 Å². The average Bonchev–Trinajstić information content (AvgIpc) is 2.20. The van der Waals surface area contributed by atoms with E-state index in [0.717, 1.165) is 25.8 Å². The minimum atomic E-state index is 0.413. The average molecular weight is 195 g/mol. The second kappa shape index (κ2) is 7.72. The normalized spacial score (nSPS) is 22.1. The van der Waals surface area contributed by atoms with Crippen molar-refractivity contribution < 1.29 is 4.79 Å². The molecule has 0 aliphatic carbocycles. The van der Waals surface area contributed by atoms with E-state index < -0.39 is 0 Å². The standard InChI is InChI=1S/C12H21NO/c14-12-8-5-3-1-2-4-6-10-13-11-7-9-12/h11H,1-10H2. The Labute approximate surface area is 86.8 Å². The van der Waals surface area contributed by atoms with Crippen molar-refractivity contribution in [3.63, 3.8) is 0 Å². The first-order valence-corrected chi connectivity index (χ1v) is 5.89. The Bertz CT molecular complexity index is 187. The molecule has 1 rings (SSSR count). The lowest BCUT2D eigenvalue weighted by molar-refractivity contribution is -0.119. The summed E-state index contributed by atoms with van der Waals surface area (Å²) in [5, 5.41) is 0. The zero-order valence-electron chi connectivity index (χ0n) is 9.00. The predicted molar refractivity (Wildman–Crippen MR) is 59.9 cm³/mol. The number of aliphatic imine (C=N–C) groups is 1. The molecule has 0 N–H and O–H groups in total. The Morgan fingerprint density at radius 3 is 2.50 bits per heavy atom. The van der Waals surface area contributed by atoms with Gasteiger partial charge in [-0.05, 0) is 25.5 Å². The molecule has 1 aliphatic heterocycles. The van der Waals surface area contributed by atoms with Gasteiger partial charge in [0.05, 0.1) is 0 Å². The van der Waals surface area contributed by atoms with E-state index in [1.807, 2.05) is 6.21 Å². The van der Waals surface area contributed by atoms with Gasteiger partial charge in [-0.3, -0.25) is 9.79 Å². The van der Waals surface area contributed by atoms with Crippen molar-refractivity contribution in [2.24, 2.45) is 4.99 Å². The van der Waals surface area contributed by atoms with Gasteiger partial charge in [0, 0.05) is 19.4 Å². The van der Waals surface area contributed by atoms with Crippen LogP contribution in [-0.2, 0) is 4.79 Å². The SMILES string of the molecule is O=C1CCC=NCCCCCCCC1. The third kappa shape index (κ3) is 5.90. The molecule has 80 valence electrons. The van der Waals surface area contributed by atoms with Gasteiger partial charge in [-0.2, -0.15) is 0 Å². The number of Topliss-reactive ketones (excluding diaryl/α,β-unsaturated/α-hetero) is 1. The number of ketones is 1. The molecule has 0 amide bonds. The van der Waals surface area contributed by atoms with Crippen molar-refractivity contribution in [3.8, 4) is 0 Å². The fourth-order valence-electron chi connectivity index (χ4n) is 1.77. The summed E-state index contributed by atoms with van der Waals surface area (Å²) < 4.78 is 0. The molecule has 0 aromatic carbocycles. The first-order chi connectivity index (χ1) is 6.89. The molecule has 1 heterocycles. The Morgan fingerprint density at radius 1 is 0.929 bits per heavy atom. The molecule has 0 bridgehead atoms. The summed E-state index contributed by atoms with van der Waals surface area (Å²) in [5.41, 5.74) is 0. The summed E-state index contributed by atoms with van der Waals surface area (Å²) in [4.78, 5) is 15.6. The van der Waals surface area contributed by atoms with E-state index in [0.29, 0.717) is 12.2 Å². The van der Waals surface area contributed by atoms with Crippen LogP contribution >= 0.6 is 0 Å². The summed E-state index contributed by atoms with van der Waals surface area (Å²) in [6.07, 6.45) is 11.7. The minimum Gasteiger partial charge on any atom is -0.300 e. The van der Waals surface area contributed by atoms with Crippen LogP contribution in [0.25, 0.3) is 0 Å². The third-order valence-electron chi connectivity index (χ3n) is 2.67. The molecule has 2 heteroatoms. The van der Waals surface area contributed by atoms with E-state index in [4.69, 9.17) is 0 Å². The van der Waals surface area contributed by atoms with Crippen molar-refractivity contribution in [1.82, 2.24) is 0 Å². The lowest BCUT2D eigenvalue weighted by Crippen LogP contribution is -1.97. The highest BCUT2D eigenvalue weighted by molar-refractivity contribution is 5.80. The van der Waals surface area contributed by atoms with Gasteiger partial charge < -0.3 is 0 Å². The van der Waals surface area contributed by atoms with E-state index in [9.17, 15) is 4.79 Å². The summed E-state index contributed by atoms with van der Waals surface area (Å²) in [6, 6.07) is 0. The van der Waals surface area contributed by atoms with Crippen molar-refractivity contribution in [3.05, 3.63) is 0 Å². The molecule has 0 atom stereocenters. The van der Waals surface area contributed by atoms with Gasteiger partial charge in [0.15, 0.2) is 0 Å². The lowest BCUT2D eigenvalue weighted by atomic mass is 10.1. The second-order valence-electron chi connectivity index (χ2n) is 4.04. The van der Waals surface area contributed by atoms with Gasteiger partial charge in [-0.25, -0.2) is 0 Å². The zero-order valence-corrected chi connectivity index (χ0v) is 9.00. The summed E-state index contributed by atoms with van der Waals surface area (Å²) >= 11 is 0. The highest BCUT2D eigenvalue weighted by atomic mass is 16.1. The Hall–Kier alpha value is -0.660. The molecule has 0 spiro atoms. The Balaban J connectivity index is 2.23. The monoisotopic (exact) mass is 195 g/mol. The van der Waals surface area contributed by atoms with Gasteiger partial charge in [-0.15, -0.1) is 0 Å². The number of carbonyl (C=O) groups is 1. The number of hydrogen-bond acceptors (Lipinski definition) is 2. The third-order valence-corrected chi connectivity index (χ3v) is 2.67. The van der Waals surface area contributed by atoms with Crippen LogP contribution in [-0.4, -0.2) is 18.5 Å². The van der Waals surface area contributed by atoms with Gasteiger partial charge >= 0.3 is 0 Å². The molecule has 0 radical (unpaired) electrons. The maximum atomic E-state index is 11.3. The highest BCUT2D eigenvalue weighted by Crippen LogP contribution is 2.09. The van der Waals surface area contributed by atoms with E-state index in [2.05, 4.69) is 4.99 Å². The van der Waals surface area contributed by atoms with Crippen molar-refractivity contribution >= 4 is 12.0 Å². The van der Waals surface area contributed by atoms with Crippen LogP contribution in [0.2, 0.25) is 0 Å². The van der Waals surface area contributed by atoms with Crippen molar-refractivity contribution in [1.29, 1.82) is 0 Å². The summed E-state index contributed by atoms with van der Waals surface area (Å²) in [6.45, 7) is 0.953. The van der Waals surface area contributed by atoms with E-state index >= 15 is 0 Å². The largest absolute Gasteiger partial charge is 0.300 e. The molecule has 0 saturated heterocycles. The molecule has 0 fully saturated rings. The van der Waals surface area contributed by atoms with Crippen LogP contribution in [0.1, 0.15) is 57.8 Å². The fourth-order valence-corrected chi connectivity index (χ4v) is 1.77. The maximum Gasteiger partial charge on any atom is 0.133 e. The molecule has 2 nitrogen and oxygen atoms in total. The topological polar surface area (TPSA) is 29.4 Å². The zero-order chi connectivity index (χ0) is 10.1. The molecule has 0 saturated carbocycles. The van der Waals surface area contributed by atoms with Crippen molar-refractivity contribution in [2.75, 3.05) is 6.54 Å². The van der Waals surface area contributed by atoms with Gasteiger partial charge in [0.25, 0.3) is 0 Å². The van der Waals surface area contributed by atoms with E-state index in [1.54, 1.807) is 0 Å². The minimum absolute atomic E-state index is 0.413. The van der Waals surface area contributed by atoms with Crippen LogP contribution in [0.3, 0.4) is 0 Å². The van der Waals surface area contributed by atoms with Crippen LogP contribution in [0.4, 0.5) is 0 Å². The van der Waals surface area contributed by atoms with Gasteiger partial charge in [-0.1, -0.05) is 25.7 Å². The molecule has 0 aromatic rings. The van der Waals surface area contributed by atoms with Crippen LogP contribution in [0.5, 0.6) is 0 Å². The first kappa shape index (κ1) is 11.4.